The van der Waals surface area contributed by atoms with Crippen molar-refractivity contribution in [2.45, 2.75) is 32.6 Å². The summed E-state index contributed by atoms with van der Waals surface area (Å²) < 4.78 is 26.1. The quantitative estimate of drug-likeness (QED) is 0.798. The SMILES string of the molecule is CC(=O)c1c(C(C)=O)c(C(C)=O)c2c(c1C(C)=O)C(=O)NS2(=O)=O. The molecule has 0 fully saturated rings. The minimum Gasteiger partial charge on any atom is -0.294 e. The second kappa shape index (κ2) is 5.45. The third kappa shape index (κ3) is 2.37. The summed E-state index contributed by atoms with van der Waals surface area (Å²) in [7, 11) is -4.42. The van der Waals surface area contributed by atoms with Gasteiger partial charge in [0.1, 0.15) is 4.90 Å². The number of amides is 1. The van der Waals surface area contributed by atoms with Crippen LogP contribution >= 0.6 is 0 Å². The Kier molecular flexibility index (Phi) is 4.01. The molecule has 0 saturated carbocycles. The Hall–Kier alpha value is -2.68. The summed E-state index contributed by atoms with van der Waals surface area (Å²) in [4.78, 5) is 59.5. The van der Waals surface area contributed by atoms with Gasteiger partial charge in [0.25, 0.3) is 15.9 Å². The van der Waals surface area contributed by atoms with E-state index in [0.717, 1.165) is 27.7 Å². The van der Waals surface area contributed by atoms with E-state index in [9.17, 15) is 32.4 Å². The van der Waals surface area contributed by atoms with Gasteiger partial charge in [0, 0.05) is 16.7 Å². The highest BCUT2D eigenvalue weighted by atomic mass is 32.2. The number of nitrogens with one attached hydrogen (secondary N) is 1. The van der Waals surface area contributed by atoms with E-state index in [0.29, 0.717) is 0 Å². The molecule has 1 heterocycles. The number of sulfonamides is 1. The molecule has 126 valence electrons. The van der Waals surface area contributed by atoms with Crippen LogP contribution in [0.15, 0.2) is 4.90 Å². The van der Waals surface area contributed by atoms with Crippen LogP contribution in [0.5, 0.6) is 0 Å². The number of rotatable bonds is 4. The Morgan fingerprint density at radius 1 is 0.708 bits per heavy atom. The molecule has 0 bridgehead atoms. The van der Waals surface area contributed by atoms with Crippen LogP contribution in [0.25, 0.3) is 0 Å². The van der Waals surface area contributed by atoms with Crippen molar-refractivity contribution in [1.29, 1.82) is 0 Å². The lowest BCUT2D eigenvalue weighted by atomic mass is 9.85. The van der Waals surface area contributed by atoms with Crippen LogP contribution in [-0.2, 0) is 10.0 Å². The Morgan fingerprint density at radius 3 is 1.46 bits per heavy atom. The normalized spacial score (nSPS) is 14.8. The van der Waals surface area contributed by atoms with Gasteiger partial charge in [0.2, 0.25) is 0 Å². The number of benzene rings is 1. The van der Waals surface area contributed by atoms with Crippen molar-refractivity contribution < 1.29 is 32.4 Å². The Bertz CT molecular complexity index is 970. The lowest BCUT2D eigenvalue weighted by molar-refractivity contribution is 0.0945. The second-order valence-electron chi connectivity index (χ2n) is 5.36. The number of carbonyl (C=O) groups is 5. The maximum Gasteiger partial charge on any atom is 0.267 e. The van der Waals surface area contributed by atoms with Gasteiger partial charge in [0.15, 0.2) is 23.1 Å². The number of hydrogen-bond donors (Lipinski definition) is 1. The van der Waals surface area contributed by atoms with Gasteiger partial charge in [-0.1, -0.05) is 0 Å². The van der Waals surface area contributed by atoms with Gasteiger partial charge in [-0.3, -0.25) is 24.0 Å². The van der Waals surface area contributed by atoms with Crippen LogP contribution in [0.1, 0.15) is 79.5 Å². The molecule has 1 aliphatic heterocycles. The van der Waals surface area contributed by atoms with Crippen molar-refractivity contribution in [2.75, 3.05) is 0 Å². The standard InChI is InChI=1S/C15H13NO7S/c1-5(17)9-10(6(2)18)12(8(4)20)14-13(11(9)7(3)19)15(21)16-24(14,22)23/h1-4H3,(H,16,21). The predicted octanol–water partition coefficient (Wildman–Crippen LogP) is 0.929. The van der Waals surface area contributed by atoms with Gasteiger partial charge in [-0.15, -0.1) is 0 Å². The third-order valence-electron chi connectivity index (χ3n) is 3.59. The molecule has 1 amide bonds. The molecular weight excluding hydrogens is 338 g/mol. The first-order valence-electron chi connectivity index (χ1n) is 6.76. The van der Waals surface area contributed by atoms with Crippen molar-refractivity contribution in [2.24, 2.45) is 0 Å². The van der Waals surface area contributed by atoms with E-state index in [4.69, 9.17) is 0 Å². The number of ketones is 4. The summed E-state index contributed by atoms with van der Waals surface area (Å²) in [5.74, 6) is -4.18. The van der Waals surface area contributed by atoms with Crippen LogP contribution in [0.2, 0.25) is 0 Å². The zero-order chi connectivity index (χ0) is 18.6. The maximum atomic E-state index is 12.2. The van der Waals surface area contributed by atoms with E-state index >= 15 is 0 Å². The summed E-state index contributed by atoms with van der Waals surface area (Å²) in [6.07, 6.45) is 0. The molecule has 0 atom stereocenters. The molecule has 9 heteroatoms. The highest BCUT2D eigenvalue weighted by molar-refractivity contribution is 7.90. The molecule has 8 nitrogen and oxygen atoms in total. The predicted molar refractivity (Wildman–Crippen MR) is 81.1 cm³/mol. The largest absolute Gasteiger partial charge is 0.294 e. The van der Waals surface area contributed by atoms with Crippen LogP contribution in [0, 0.1) is 0 Å². The van der Waals surface area contributed by atoms with Crippen LogP contribution in [0.4, 0.5) is 0 Å². The monoisotopic (exact) mass is 351 g/mol. The van der Waals surface area contributed by atoms with Crippen LogP contribution in [0.3, 0.4) is 0 Å². The topological polar surface area (TPSA) is 132 Å². The minimum absolute atomic E-state index is 0.411. The van der Waals surface area contributed by atoms with E-state index in [1.165, 1.54) is 0 Å². The van der Waals surface area contributed by atoms with Crippen LogP contribution in [-0.4, -0.2) is 37.5 Å². The fourth-order valence-corrected chi connectivity index (χ4v) is 4.25. The summed E-state index contributed by atoms with van der Waals surface area (Å²) in [6, 6.07) is 0. The van der Waals surface area contributed by atoms with Gasteiger partial charge < -0.3 is 0 Å². The van der Waals surface area contributed by atoms with Gasteiger partial charge >= 0.3 is 0 Å². The van der Waals surface area contributed by atoms with E-state index in [1.807, 2.05) is 0 Å². The van der Waals surface area contributed by atoms with E-state index in [1.54, 1.807) is 4.72 Å². The fraction of sp³-hybridized carbons (Fsp3) is 0.267. The molecule has 0 aliphatic carbocycles. The highest BCUT2D eigenvalue weighted by Crippen LogP contribution is 2.36. The van der Waals surface area contributed by atoms with Crippen molar-refractivity contribution in [3.05, 3.63) is 27.8 Å². The maximum absolute atomic E-state index is 12.2. The Balaban J connectivity index is 3.33. The molecule has 0 unspecified atom stereocenters. The second-order valence-corrected chi connectivity index (χ2v) is 6.98. The molecular formula is C15H13NO7S. The molecule has 24 heavy (non-hydrogen) atoms. The minimum atomic E-state index is -4.42. The summed E-state index contributed by atoms with van der Waals surface area (Å²) in [5.41, 5.74) is -2.45. The van der Waals surface area contributed by atoms with E-state index in [2.05, 4.69) is 0 Å². The van der Waals surface area contributed by atoms with Gasteiger partial charge in [0.05, 0.1) is 11.1 Å². The molecule has 2 rings (SSSR count). The number of fused-ring (bicyclic) bond motifs is 1. The average molecular weight is 351 g/mol. The van der Waals surface area contributed by atoms with Crippen molar-refractivity contribution in [3.8, 4) is 0 Å². The average Bonchev–Trinajstić information content (AvgIpc) is 2.65. The number of carbonyl (C=O) groups excluding carboxylic acids is 5. The summed E-state index contributed by atoms with van der Waals surface area (Å²) >= 11 is 0. The molecule has 0 radical (unpaired) electrons. The van der Waals surface area contributed by atoms with Gasteiger partial charge in [-0.2, -0.15) is 0 Å². The summed E-state index contributed by atoms with van der Waals surface area (Å²) in [5, 5.41) is 0. The van der Waals surface area contributed by atoms with Crippen molar-refractivity contribution in [1.82, 2.24) is 4.72 Å². The van der Waals surface area contributed by atoms with Crippen LogP contribution < -0.4 is 4.72 Å². The third-order valence-corrected chi connectivity index (χ3v) is 4.99. The Morgan fingerprint density at radius 2 is 1.08 bits per heavy atom. The van der Waals surface area contributed by atoms with E-state index < -0.39 is 71.8 Å². The molecule has 1 aromatic carbocycles. The van der Waals surface area contributed by atoms with Crippen molar-refractivity contribution in [3.63, 3.8) is 0 Å². The molecule has 1 N–H and O–H groups in total. The first kappa shape index (κ1) is 17.7. The number of Topliss-reactive ketones (excluding diaryl/α,β-unsaturated/α-hetero) is 4. The lowest BCUT2D eigenvalue weighted by Crippen LogP contribution is -2.21. The molecule has 0 saturated heterocycles. The number of hydrogen-bond acceptors (Lipinski definition) is 7. The molecule has 0 aromatic heterocycles. The first-order valence-corrected chi connectivity index (χ1v) is 8.25. The summed E-state index contributed by atoms with van der Waals surface area (Å²) in [6.45, 7) is 4.16. The lowest BCUT2D eigenvalue weighted by Gasteiger charge is -2.16. The molecule has 0 spiro atoms. The fourth-order valence-electron chi connectivity index (χ4n) is 2.83. The zero-order valence-electron chi connectivity index (χ0n) is 13.3. The van der Waals surface area contributed by atoms with Gasteiger partial charge in [-0.25, -0.2) is 13.1 Å². The van der Waals surface area contributed by atoms with Crippen molar-refractivity contribution >= 4 is 39.1 Å². The van der Waals surface area contributed by atoms with Gasteiger partial charge in [-0.05, 0) is 27.7 Å². The van der Waals surface area contributed by atoms with E-state index in [-0.39, 0.29) is 0 Å². The first-order chi connectivity index (χ1) is 10.9. The smallest absolute Gasteiger partial charge is 0.267 e. The zero-order valence-corrected chi connectivity index (χ0v) is 14.1. The molecule has 1 aliphatic rings. The molecule has 1 aromatic rings. The highest BCUT2D eigenvalue weighted by Gasteiger charge is 2.43. The Labute approximate surface area is 137 Å².